The predicted octanol–water partition coefficient (Wildman–Crippen LogP) is 1.67. The summed E-state index contributed by atoms with van der Waals surface area (Å²) in [5.41, 5.74) is 6.45. The number of rotatable bonds is 5. The summed E-state index contributed by atoms with van der Waals surface area (Å²) >= 11 is 0. The van der Waals surface area contributed by atoms with Crippen LogP contribution in [0.4, 0.5) is 5.69 Å². The van der Waals surface area contributed by atoms with E-state index in [4.69, 9.17) is 5.73 Å². The Labute approximate surface area is 129 Å². The van der Waals surface area contributed by atoms with Gasteiger partial charge in [0.05, 0.1) is 11.9 Å². The van der Waals surface area contributed by atoms with Crippen LogP contribution in [0.5, 0.6) is 0 Å². The third-order valence-electron chi connectivity index (χ3n) is 3.18. The minimum Gasteiger partial charge on any atom is -0.366 e. The highest BCUT2D eigenvalue weighted by molar-refractivity contribution is 7.92. The summed E-state index contributed by atoms with van der Waals surface area (Å²) in [6, 6.07) is 4.66. The number of amides is 1. The van der Waals surface area contributed by atoms with Gasteiger partial charge in [0.15, 0.2) is 0 Å². The molecule has 118 valence electrons. The average Bonchev–Trinajstić information content (AvgIpc) is 2.91. The maximum Gasteiger partial charge on any atom is 0.265 e. The number of hydrogen-bond acceptors (Lipinski definition) is 4. The van der Waals surface area contributed by atoms with Crippen LogP contribution in [0, 0.1) is 6.92 Å². The number of aryl methyl sites for hydroxylation is 1. The van der Waals surface area contributed by atoms with Crippen LogP contribution in [0.3, 0.4) is 0 Å². The molecule has 2 aromatic rings. The van der Waals surface area contributed by atoms with Crippen molar-refractivity contribution < 1.29 is 13.2 Å². The van der Waals surface area contributed by atoms with Crippen molar-refractivity contribution in [2.45, 2.75) is 31.7 Å². The summed E-state index contributed by atoms with van der Waals surface area (Å²) in [5, 5.41) is 4.02. The van der Waals surface area contributed by atoms with E-state index in [-0.39, 0.29) is 16.5 Å². The standard InChI is InChI=1S/C14H18N4O3S/c1-9(2)18-8-12(7-16-18)22(20,21)17-13-6-11(14(15)19)5-4-10(13)3/h4-9,17H,1-3H3,(H2,15,19). The molecule has 0 saturated carbocycles. The summed E-state index contributed by atoms with van der Waals surface area (Å²) in [7, 11) is -3.78. The number of nitrogens with zero attached hydrogens (tertiary/aromatic N) is 2. The third kappa shape index (κ3) is 3.28. The lowest BCUT2D eigenvalue weighted by molar-refractivity contribution is 0.100. The summed E-state index contributed by atoms with van der Waals surface area (Å²) in [4.78, 5) is 11.3. The largest absolute Gasteiger partial charge is 0.366 e. The van der Waals surface area contributed by atoms with Gasteiger partial charge in [-0.2, -0.15) is 5.10 Å². The number of aromatic nitrogens is 2. The molecule has 0 atom stereocenters. The Morgan fingerprint density at radius 1 is 1.36 bits per heavy atom. The molecule has 0 radical (unpaired) electrons. The highest BCUT2D eigenvalue weighted by atomic mass is 32.2. The van der Waals surface area contributed by atoms with Crippen LogP contribution >= 0.6 is 0 Å². The molecular formula is C14H18N4O3S. The normalized spacial score (nSPS) is 11.6. The van der Waals surface area contributed by atoms with Crippen LogP contribution in [-0.4, -0.2) is 24.1 Å². The van der Waals surface area contributed by atoms with Gasteiger partial charge in [0.2, 0.25) is 5.91 Å². The molecule has 3 N–H and O–H groups in total. The molecule has 22 heavy (non-hydrogen) atoms. The maximum atomic E-state index is 12.4. The van der Waals surface area contributed by atoms with E-state index in [1.165, 1.54) is 18.5 Å². The summed E-state index contributed by atoms with van der Waals surface area (Å²) in [6.45, 7) is 5.54. The first kappa shape index (κ1) is 16.0. The van der Waals surface area contributed by atoms with E-state index in [9.17, 15) is 13.2 Å². The molecule has 1 aromatic heterocycles. The molecule has 0 aliphatic heterocycles. The minimum atomic E-state index is -3.78. The van der Waals surface area contributed by atoms with E-state index in [0.29, 0.717) is 11.3 Å². The fourth-order valence-electron chi connectivity index (χ4n) is 1.83. The molecule has 2 rings (SSSR count). The molecule has 0 fully saturated rings. The van der Waals surface area contributed by atoms with Crippen LogP contribution < -0.4 is 10.5 Å². The van der Waals surface area contributed by atoms with Crippen LogP contribution in [0.15, 0.2) is 35.5 Å². The predicted molar refractivity (Wildman–Crippen MR) is 83.1 cm³/mol. The number of hydrogen-bond donors (Lipinski definition) is 2. The van der Waals surface area contributed by atoms with Gasteiger partial charge in [0.1, 0.15) is 4.90 Å². The van der Waals surface area contributed by atoms with E-state index >= 15 is 0 Å². The Morgan fingerprint density at radius 2 is 2.05 bits per heavy atom. The minimum absolute atomic E-state index is 0.0591. The van der Waals surface area contributed by atoms with E-state index in [2.05, 4.69) is 9.82 Å². The molecular weight excluding hydrogens is 304 g/mol. The molecule has 0 aliphatic rings. The molecule has 1 aromatic carbocycles. The van der Waals surface area contributed by atoms with Gasteiger partial charge in [-0.25, -0.2) is 8.42 Å². The quantitative estimate of drug-likeness (QED) is 0.873. The topological polar surface area (TPSA) is 107 Å². The zero-order valence-corrected chi connectivity index (χ0v) is 13.4. The number of nitrogens with one attached hydrogen (secondary N) is 1. The first-order valence-electron chi connectivity index (χ1n) is 6.68. The number of benzene rings is 1. The van der Waals surface area contributed by atoms with Crippen LogP contribution in [-0.2, 0) is 10.0 Å². The van der Waals surface area contributed by atoms with Crippen molar-refractivity contribution in [1.82, 2.24) is 9.78 Å². The number of carbonyl (C=O) groups is 1. The van der Waals surface area contributed by atoms with Gasteiger partial charge >= 0.3 is 0 Å². The Balaban J connectivity index is 2.36. The van der Waals surface area contributed by atoms with Crippen molar-refractivity contribution in [2.24, 2.45) is 5.73 Å². The van der Waals surface area contributed by atoms with E-state index < -0.39 is 15.9 Å². The second-order valence-corrected chi connectivity index (χ2v) is 6.93. The van der Waals surface area contributed by atoms with Gasteiger partial charge in [0, 0.05) is 17.8 Å². The Bertz CT molecular complexity index is 809. The molecule has 1 heterocycles. The number of nitrogens with two attached hydrogens (primary N) is 1. The highest BCUT2D eigenvalue weighted by Gasteiger charge is 2.19. The van der Waals surface area contributed by atoms with Gasteiger partial charge in [-0.3, -0.25) is 14.2 Å². The fourth-order valence-corrected chi connectivity index (χ4v) is 2.89. The molecule has 0 unspecified atom stereocenters. The summed E-state index contributed by atoms with van der Waals surface area (Å²) in [5.74, 6) is -0.618. The number of sulfonamides is 1. The van der Waals surface area contributed by atoms with E-state index in [1.807, 2.05) is 13.8 Å². The molecule has 8 heteroatoms. The first-order chi connectivity index (χ1) is 10.2. The third-order valence-corrected chi connectivity index (χ3v) is 4.50. The van der Waals surface area contributed by atoms with Crippen molar-refractivity contribution in [3.63, 3.8) is 0 Å². The van der Waals surface area contributed by atoms with Crippen molar-refractivity contribution >= 4 is 21.6 Å². The van der Waals surface area contributed by atoms with Crippen molar-refractivity contribution in [1.29, 1.82) is 0 Å². The lowest BCUT2D eigenvalue weighted by Crippen LogP contribution is -2.15. The number of anilines is 1. The molecule has 0 spiro atoms. The molecule has 0 bridgehead atoms. The summed E-state index contributed by atoms with van der Waals surface area (Å²) < 4.78 is 28.8. The van der Waals surface area contributed by atoms with Crippen molar-refractivity contribution in [2.75, 3.05) is 4.72 Å². The number of primary amides is 1. The van der Waals surface area contributed by atoms with Crippen molar-refractivity contribution in [3.05, 3.63) is 41.7 Å². The fraction of sp³-hybridized carbons (Fsp3) is 0.286. The van der Waals surface area contributed by atoms with Crippen molar-refractivity contribution in [3.8, 4) is 0 Å². The zero-order valence-electron chi connectivity index (χ0n) is 12.6. The SMILES string of the molecule is Cc1ccc(C(N)=O)cc1NS(=O)(=O)c1cnn(C(C)C)c1. The first-order valence-corrected chi connectivity index (χ1v) is 8.16. The monoisotopic (exact) mass is 322 g/mol. The molecule has 0 aliphatic carbocycles. The molecule has 7 nitrogen and oxygen atoms in total. The summed E-state index contributed by atoms with van der Waals surface area (Å²) in [6.07, 6.45) is 2.75. The molecule has 0 saturated heterocycles. The maximum absolute atomic E-state index is 12.4. The highest BCUT2D eigenvalue weighted by Crippen LogP contribution is 2.21. The van der Waals surface area contributed by atoms with Gasteiger partial charge in [-0.1, -0.05) is 6.07 Å². The van der Waals surface area contributed by atoms with Crippen LogP contribution in [0.1, 0.15) is 35.8 Å². The second-order valence-electron chi connectivity index (χ2n) is 5.25. The Hall–Kier alpha value is -2.35. The zero-order chi connectivity index (χ0) is 16.5. The van der Waals surface area contributed by atoms with Gasteiger partial charge in [-0.05, 0) is 38.5 Å². The second kappa shape index (κ2) is 5.80. The van der Waals surface area contributed by atoms with Gasteiger partial charge in [-0.15, -0.1) is 0 Å². The van der Waals surface area contributed by atoms with Crippen LogP contribution in [0.25, 0.3) is 0 Å². The Morgan fingerprint density at radius 3 is 2.59 bits per heavy atom. The smallest absolute Gasteiger partial charge is 0.265 e. The average molecular weight is 322 g/mol. The van der Waals surface area contributed by atoms with Gasteiger partial charge < -0.3 is 5.73 Å². The number of carbonyl (C=O) groups excluding carboxylic acids is 1. The van der Waals surface area contributed by atoms with E-state index in [1.54, 1.807) is 23.7 Å². The lowest BCUT2D eigenvalue weighted by Gasteiger charge is -2.10. The van der Waals surface area contributed by atoms with Crippen LogP contribution in [0.2, 0.25) is 0 Å². The molecule has 1 amide bonds. The van der Waals surface area contributed by atoms with Gasteiger partial charge in [0.25, 0.3) is 10.0 Å². The Kier molecular flexibility index (Phi) is 4.23. The lowest BCUT2D eigenvalue weighted by atomic mass is 10.1. The van der Waals surface area contributed by atoms with E-state index in [0.717, 1.165) is 0 Å².